The highest BCUT2D eigenvalue weighted by Crippen LogP contribution is 2.18. The van der Waals surface area contributed by atoms with Crippen LogP contribution in [0.15, 0.2) is 30.3 Å². The van der Waals surface area contributed by atoms with Gasteiger partial charge in [0.05, 0.1) is 0 Å². The topological polar surface area (TPSA) is 46.3 Å². The number of benzene rings is 1. The lowest BCUT2D eigenvalue weighted by Crippen LogP contribution is -2.35. The molecule has 1 aromatic rings. The second kappa shape index (κ2) is 6.28. The van der Waals surface area contributed by atoms with Crippen molar-refractivity contribution in [2.75, 3.05) is 13.6 Å². The molecule has 1 amide bonds. The molecule has 1 atom stereocenters. The molecule has 1 aromatic carbocycles. The average Bonchev–Trinajstić information content (AvgIpc) is 2.27. The summed E-state index contributed by atoms with van der Waals surface area (Å²) in [5, 5.41) is 0. The van der Waals surface area contributed by atoms with Crippen LogP contribution in [0.3, 0.4) is 0 Å². The second-order valence-corrected chi connectivity index (χ2v) is 4.05. The highest BCUT2D eigenvalue weighted by Gasteiger charge is 2.21. The zero-order valence-corrected chi connectivity index (χ0v) is 10.0. The first-order valence-corrected chi connectivity index (χ1v) is 5.71. The van der Waals surface area contributed by atoms with E-state index < -0.39 is 0 Å². The van der Waals surface area contributed by atoms with Gasteiger partial charge in [0.25, 0.3) is 0 Å². The zero-order chi connectivity index (χ0) is 12.0. The predicted octanol–water partition coefficient (Wildman–Crippen LogP) is 1.94. The van der Waals surface area contributed by atoms with Crippen LogP contribution in [0.5, 0.6) is 0 Å². The van der Waals surface area contributed by atoms with E-state index in [2.05, 4.69) is 6.92 Å². The Hall–Kier alpha value is -1.35. The van der Waals surface area contributed by atoms with Gasteiger partial charge in [0.15, 0.2) is 0 Å². The van der Waals surface area contributed by atoms with E-state index in [0.29, 0.717) is 0 Å². The van der Waals surface area contributed by atoms with Crippen LogP contribution in [0.1, 0.15) is 31.4 Å². The first-order chi connectivity index (χ1) is 7.66. The number of unbranched alkanes of at least 4 members (excludes halogenated alkanes) is 1. The molecule has 0 saturated carbocycles. The fourth-order valence-electron chi connectivity index (χ4n) is 1.81. The molecule has 0 bridgehead atoms. The van der Waals surface area contributed by atoms with Crippen molar-refractivity contribution in [3.05, 3.63) is 35.9 Å². The lowest BCUT2D eigenvalue weighted by molar-refractivity contribution is -0.123. The van der Waals surface area contributed by atoms with E-state index in [-0.39, 0.29) is 11.9 Å². The number of carbonyl (C=O) groups is 1. The van der Waals surface area contributed by atoms with E-state index in [1.165, 1.54) is 0 Å². The number of hydrogen-bond acceptors (Lipinski definition) is 2. The fourth-order valence-corrected chi connectivity index (χ4v) is 1.81. The Labute approximate surface area is 97.2 Å². The van der Waals surface area contributed by atoms with Crippen LogP contribution in [0, 0.1) is 0 Å². The summed E-state index contributed by atoms with van der Waals surface area (Å²) in [6.45, 7) is 3.02. The maximum Gasteiger partial charge on any atom is 0.239 e. The molecule has 0 heterocycles. The van der Waals surface area contributed by atoms with Gasteiger partial charge in [-0.05, 0) is 25.6 Å². The number of rotatable bonds is 6. The van der Waals surface area contributed by atoms with Crippen molar-refractivity contribution in [1.82, 2.24) is 4.90 Å². The van der Waals surface area contributed by atoms with Gasteiger partial charge < -0.3 is 5.73 Å². The molecule has 1 unspecified atom stereocenters. The molecule has 3 nitrogen and oxygen atoms in total. The van der Waals surface area contributed by atoms with Gasteiger partial charge in [-0.25, -0.2) is 0 Å². The van der Waals surface area contributed by atoms with E-state index in [4.69, 9.17) is 5.73 Å². The van der Waals surface area contributed by atoms with E-state index >= 15 is 0 Å². The Kier molecular flexibility index (Phi) is 4.99. The summed E-state index contributed by atoms with van der Waals surface area (Å²) in [6, 6.07) is 9.37. The van der Waals surface area contributed by atoms with Gasteiger partial charge in [-0.15, -0.1) is 0 Å². The van der Waals surface area contributed by atoms with Gasteiger partial charge >= 0.3 is 0 Å². The lowest BCUT2D eigenvalue weighted by atomic mass is 10.0. The van der Waals surface area contributed by atoms with Crippen LogP contribution in [0.2, 0.25) is 0 Å². The Balaban J connectivity index is 2.79. The van der Waals surface area contributed by atoms with Crippen molar-refractivity contribution < 1.29 is 4.79 Å². The molecular weight excluding hydrogens is 200 g/mol. The average molecular weight is 220 g/mol. The minimum absolute atomic E-state index is 0.287. The smallest absolute Gasteiger partial charge is 0.239 e. The number of carbonyl (C=O) groups excluding carboxylic acids is 1. The Morgan fingerprint density at radius 2 is 2.00 bits per heavy atom. The van der Waals surface area contributed by atoms with Gasteiger partial charge in [0, 0.05) is 0 Å². The minimum Gasteiger partial charge on any atom is -0.368 e. The van der Waals surface area contributed by atoms with Crippen molar-refractivity contribution in [3.63, 3.8) is 0 Å². The summed E-state index contributed by atoms with van der Waals surface area (Å²) < 4.78 is 0. The van der Waals surface area contributed by atoms with Gasteiger partial charge in [-0.1, -0.05) is 43.7 Å². The fraction of sp³-hybridized carbons (Fsp3) is 0.462. The third kappa shape index (κ3) is 3.35. The van der Waals surface area contributed by atoms with Gasteiger partial charge in [-0.2, -0.15) is 0 Å². The highest BCUT2D eigenvalue weighted by atomic mass is 16.1. The first kappa shape index (κ1) is 12.7. The Morgan fingerprint density at radius 3 is 2.50 bits per heavy atom. The second-order valence-electron chi connectivity index (χ2n) is 4.05. The minimum atomic E-state index is -0.312. The monoisotopic (exact) mass is 220 g/mol. The maximum atomic E-state index is 11.5. The molecule has 0 aliphatic carbocycles. The van der Waals surface area contributed by atoms with Crippen molar-refractivity contribution in [3.8, 4) is 0 Å². The first-order valence-electron chi connectivity index (χ1n) is 5.71. The molecule has 88 valence electrons. The van der Waals surface area contributed by atoms with Crippen LogP contribution >= 0.6 is 0 Å². The predicted molar refractivity (Wildman–Crippen MR) is 65.9 cm³/mol. The molecule has 0 fully saturated rings. The molecule has 0 aliphatic rings. The molecule has 2 N–H and O–H groups in total. The summed E-state index contributed by atoms with van der Waals surface area (Å²) in [4.78, 5) is 13.5. The van der Waals surface area contributed by atoms with Crippen molar-refractivity contribution in [1.29, 1.82) is 0 Å². The van der Waals surface area contributed by atoms with Crippen LogP contribution in [-0.4, -0.2) is 24.4 Å². The van der Waals surface area contributed by atoms with E-state index in [1.54, 1.807) is 0 Å². The SMILES string of the molecule is CCCCN(C)C(C(N)=O)c1ccccc1. The van der Waals surface area contributed by atoms with Gasteiger partial charge in [0.2, 0.25) is 5.91 Å². The standard InChI is InChI=1S/C13H20N2O/c1-3-4-10-15(2)12(13(14)16)11-8-6-5-7-9-11/h5-9,12H,3-4,10H2,1-2H3,(H2,14,16). The van der Waals surface area contributed by atoms with Crippen LogP contribution in [-0.2, 0) is 4.79 Å². The normalized spacial score (nSPS) is 12.7. The zero-order valence-electron chi connectivity index (χ0n) is 10.0. The summed E-state index contributed by atoms with van der Waals surface area (Å²) in [5.41, 5.74) is 6.43. The largest absolute Gasteiger partial charge is 0.368 e. The number of amides is 1. The van der Waals surface area contributed by atoms with E-state index in [0.717, 1.165) is 24.9 Å². The molecule has 0 spiro atoms. The molecule has 3 heteroatoms. The summed E-state index contributed by atoms with van der Waals surface area (Å²) >= 11 is 0. The summed E-state index contributed by atoms with van der Waals surface area (Å²) in [6.07, 6.45) is 2.19. The molecular formula is C13H20N2O. The van der Waals surface area contributed by atoms with Crippen LogP contribution in [0.4, 0.5) is 0 Å². The number of primary amides is 1. The third-order valence-electron chi connectivity index (χ3n) is 2.69. The van der Waals surface area contributed by atoms with Gasteiger partial charge in [0.1, 0.15) is 6.04 Å². The maximum absolute atomic E-state index is 11.5. The molecule has 1 rings (SSSR count). The summed E-state index contributed by atoms with van der Waals surface area (Å²) in [7, 11) is 1.94. The molecule has 0 saturated heterocycles. The number of nitrogens with two attached hydrogens (primary N) is 1. The van der Waals surface area contributed by atoms with Crippen molar-refractivity contribution in [2.24, 2.45) is 5.73 Å². The molecule has 16 heavy (non-hydrogen) atoms. The number of hydrogen-bond donors (Lipinski definition) is 1. The van der Waals surface area contributed by atoms with Crippen molar-refractivity contribution in [2.45, 2.75) is 25.8 Å². The number of nitrogens with zero attached hydrogens (tertiary/aromatic N) is 1. The Bertz CT molecular complexity index is 324. The highest BCUT2D eigenvalue weighted by molar-refractivity contribution is 5.81. The number of likely N-dealkylation sites (N-methyl/N-ethyl adjacent to an activating group) is 1. The molecule has 0 aliphatic heterocycles. The molecule has 0 aromatic heterocycles. The molecule has 0 radical (unpaired) electrons. The van der Waals surface area contributed by atoms with E-state index in [1.807, 2.05) is 42.3 Å². The Morgan fingerprint density at radius 1 is 1.38 bits per heavy atom. The van der Waals surface area contributed by atoms with Crippen LogP contribution in [0.25, 0.3) is 0 Å². The van der Waals surface area contributed by atoms with Crippen molar-refractivity contribution >= 4 is 5.91 Å². The van der Waals surface area contributed by atoms with Gasteiger partial charge in [-0.3, -0.25) is 9.69 Å². The van der Waals surface area contributed by atoms with Crippen LogP contribution < -0.4 is 5.73 Å². The summed E-state index contributed by atoms with van der Waals surface area (Å²) in [5.74, 6) is -0.287. The third-order valence-corrected chi connectivity index (χ3v) is 2.69. The lowest BCUT2D eigenvalue weighted by Gasteiger charge is -2.25. The van der Waals surface area contributed by atoms with E-state index in [9.17, 15) is 4.79 Å². The quantitative estimate of drug-likeness (QED) is 0.796.